The summed E-state index contributed by atoms with van der Waals surface area (Å²) in [6.07, 6.45) is 10.7. The Bertz CT molecular complexity index is 484. The summed E-state index contributed by atoms with van der Waals surface area (Å²) >= 11 is 3.34. The fourth-order valence-corrected chi connectivity index (χ4v) is 3.28. The average molecular weight is 354 g/mol. The van der Waals surface area contributed by atoms with Crippen molar-refractivity contribution >= 4 is 15.9 Å². The van der Waals surface area contributed by atoms with E-state index < -0.39 is 0 Å². The van der Waals surface area contributed by atoms with E-state index in [1.165, 1.54) is 31.3 Å². The van der Waals surface area contributed by atoms with Gasteiger partial charge in [0.15, 0.2) is 0 Å². The third kappa shape index (κ3) is 4.93. The van der Waals surface area contributed by atoms with Gasteiger partial charge in [0, 0.05) is 10.0 Å². The summed E-state index contributed by atoms with van der Waals surface area (Å²) in [5.74, 6) is -0.124. The largest absolute Gasteiger partial charge is 0.306 e. The zero-order chi connectivity index (χ0) is 15.1. The highest BCUT2D eigenvalue weighted by Gasteiger charge is 2.20. The first-order valence-electron chi connectivity index (χ1n) is 8.09. The van der Waals surface area contributed by atoms with Crippen molar-refractivity contribution < 1.29 is 4.39 Å². The van der Waals surface area contributed by atoms with E-state index in [4.69, 9.17) is 0 Å². The molecule has 0 bridgehead atoms. The van der Waals surface area contributed by atoms with Crippen molar-refractivity contribution in [2.24, 2.45) is 0 Å². The van der Waals surface area contributed by atoms with Crippen LogP contribution >= 0.6 is 15.9 Å². The maximum Gasteiger partial charge on any atom is 0.129 e. The highest BCUT2D eigenvalue weighted by molar-refractivity contribution is 9.10. The number of allylic oxidation sites excluding steroid dienone is 1. The lowest BCUT2D eigenvalue weighted by atomic mass is 9.90. The van der Waals surface area contributed by atoms with Crippen LogP contribution in [-0.4, -0.2) is 6.54 Å². The molecule has 2 rings (SSSR count). The molecule has 0 spiro atoms. The van der Waals surface area contributed by atoms with Crippen LogP contribution in [0, 0.1) is 5.82 Å². The predicted molar refractivity (Wildman–Crippen MR) is 90.9 cm³/mol. The van der Waals surface area contributed by atoms with E-state index >= 15 is 0 Å². The smallest absolute Gasteiger partial charge is 0.129 e. The number of benzene rings is 1. The SMILES string of the molecule is CCCNC(/C1=C/CCCCCC1)c1ccc(Br)cc1F. The van der Waals surface area contributed by atoms with E-state index in [2.05, 4.69) is 34.2 Å². The van der Waals surface area contributed by atoms with Gasteiger partial charge in [-0.25, -0.2) is 4.39 Å². The van der Waals surface area contributed by atoms with Gasteiger partial charge in [-0.05, 0) is 50.8 Å². The molecule has 0 heterocycles. The molecule has 1 aromatic rings. The lowest BCUT2D eigenvalue weighted by molar-refractivity contribution is 0.514. The third-order valence-electron chi connectivity index (χ3n) is 4.07. The number of nitrogens with one attached hydrogen (secondary N) is 1. The summed E-state index contributed by atoms with van der Waals surface area (Å²) in [6, 6.07) is 5.44. The van der Waals surface area contributed by atoms with Gasteiger partial charge in [0.05, 0.1) is 6.04 Å². The summed E-state index contributed by atoms with van der Waals surface area (Å²) in [5, 5.41) is 3.54. The summed E-state index contributed by atoms with van der Waals surface area (Å²) in [4.78, 5) is 0. The van der Waals surface area contributed by atoms with Crippen molar-refractivity contribution in [1.29, 1.82) is 0 Å². The molecule has 1 atom stereocenters. The zero-order valence-corrected chi connectivity index (χ0v) is 14.4. The van der Waals surface area contributed by atoms with Crippen LogP contribution in [0.15, 0.2) is 34.3 Å². The second-order valence-corrected chi connectivity index (χ2v) is 6.70. The van der Waals surface area contributed by atoms with Gasteiger partial charge >= 0.3 is 0 Å². The molecule has 1 nitrogen and oxygen atoms in total. The van der Waals surface area contributed by atoms with Crippen molar-refractivity contribution in [2.75, 3.05) is 6.54 Å². The molecule has 0 saturated carbocycles. The Kier molecular flexibility index (Phi) is 6.91. The number of halogens is 2. The Morgan fingerprint density at radius 3 is 2.81 bits per heavy atom. The molecule has 116 valence electrons. The van der Waals surface area contributed by atoms with E-state index in [-0.39, 0.29) is 11.9 Å². The van der Waals surface area contributed by atoms with E-state index in [1.54, 1.807) is 6.07 Å². The summed E-state index contributed by atoms with van der Waals surface area (Å²) in [5.41, 5.74) is 2.14. The van der Waals surface area contributed by atoms with Crippen LogP contribution in [0.25, 0.3) is 0 Å². The van der Waals surface area contributed by atoms with Crippen molar-refractivity contribution in [3.63, 3.8) is 0 Å². The Morgan fingerprint density at radius 1 is 1.24 bits per heavy atom. The minimum atomic E-state index is -0.124. The molecule has 1 aliphatic rings. The first-order valence-corrected chi connectivity index (χ1v) is 8.89. The number of hydrogen-bond donors (Lipinski definition) is 1. The second-order valence-electron chi connectivity index (χ2n) is 5.78. The molecule has 1 N–H and O–H groups in total. The van der Waals surface area contributed by atoms with E-state index in [1.807, 2.05) is 12.1 Å². The van der Waals surface area contributed by atoms with Crippen molar-refractivity contribution in [2.45, 2.75) is 57.9 Å². The Balaban J connectivity index is 2.27. The lowest BCUT2D eigenvalue weighted by Gasteiger charge is -2.24. The predicted octanol–water partition coefficient (Wildman–Crippen LogP) is 5.91. The van der Waals surface area contributed by atoms with Crippen LogP contribution in [0.1, 0.15) is 63.5 Å². The topological polar surface area (TPSA) is 12.0 Å². The van der Waals surface area contributed by atoms with Gasteiger partial charge in [-0.2, -0.15) is 0 Å². The Morgan fingerprint density at radius 2 is 2.05 bits per heavy atom. The fraction of sp³-hybridized carbons (Fsp3) is 0.556. The van der Waals surface area contributed by atoms with Gasteiger partial charge in [0.25, 0.3) is 0 Å². The highest BCUT2D eigenvalue weighted by atomic mass is 79.9. The number of hydrogen-bond acceptors (Lipinski definition) is 1. The van der Waals surface area contributed by atoms with Crippen molar-refractivity contribution in [3.8, 4) is 0 Å². The van der Waals surface area contributed by atoms with Gasteiger partial charge in [0.2, 0.25) is 0 Å². The molecule has 3 heteroatoms. The maximum absolute atomic E-state index is 14.4. The van der Waals surface area contributed by atoms with Crippen LogP contribution in [0.4, 0.5) is 4.39 Å². The zero-order valence-electron chi connectivity index (χ0n) is 12.8. The van der Waals surface area contributed by atoms with Gasteiger partial charge < -0.3 is 5.32 Å². The minimum absolute atomic E-state index is 0.0242. The van der Waals surface area contributed by atoms with Gasteiger partial charge in [0.1, 0.15) is 5.82 Å². The third-order valence-corrected chi connectivity index (χ3v) is 4.56. The molecule has 0 saturated heterocycles. The van der Waals surface area contributed by atoms with Crippen LogP contribution in [0.5, 0.6) is 0 Å². The molecule has 0 aliphatic heterocycles. The maximum atomic E-state index is 14.4. The normalized spacial score (nSPS) is 20.2. The van der Waals surface area contributed by atoms with Gasteiger partial charge in [-0.15, -0.1) is 0 Å². The quantitative estimate of drug-likeness (QED) is 0.648. The fourth-order valence-electron chi connectivity index (χ4n) is 2.94. The molecule has 0 amide bonds. The van der Waals surface area contributed by atoms with E-state index in [0.29, 0.717) is 0 Å². The first-order chi connectivity index (χ1) is 10.2. The number of rotatable bonds is 5. The Hall–Kier alpha value is -0.670. The van der Waals surface area contributed by atoms with Crippen LogP contribution in [0.3, 0.4) is 0 Å². The van der Waals surface area contributed by atoms with Crippen LogP contribution < -0.4 is 5.32 Å². The van der Waals surface area contributed by atoms with Crippen molar-refractivity contribution in [1.82, 2.24) is 5.32 Å². The Labute approximate surface area is 136 Å². The highest BCUT2D eigenvalue weighted by Crippen LogP contribution is 2.31. The summed E-state index contributed by atoms with van der Waals surface area (Å²) in [7, 11) is 0. The summed E-state index contributed by atoms with van der Waals surface area (Å²) in [6.45, 7) is 3.06. The van der Waals surface area contributed by atoms with E-state index in [9.17, 15) is 4.39 Å². The minimum Gasteiger partial charge on any atom is -0.306 e. The van der Waals surface area contributed by atoms with Gasteiger partial charge in [-0.3, -0.25) is 0 Å². The molecule has 0 aromatic heterocycles. The van der Waals surface area contributed by atoms with E-state index in [0.717, 1.165) is 35.8 Å². The molecule has 21 heavy (non-hydrogen) atoms. The molecule has 1 aromatic carbocycles. The molecule has 0 fully saturated rings. The average Bonchev–Trinajstić information content (AvgIpc) is 2.42. The molecule has 1 aliphatic carbocycles. The standard InChI is InChI=1S/C18H25BrFN/c1-2-12-21-18(14-8-6-4-3-5-7-9-14)16-11-10-15(19)13-17(16)20/h8,10-11,13,18,21H,2-7,9,12H2,1H3/b14-8+. The lowest BCUT2D eigenvalue weighted by Crippen LogP contribution is -2.25. The van der Waals surface area contributed by atoms with Crippen LogP contribution in [-0.2, 0) is 0 Å². The molecular weight excluding hydrogens is 329 g/mol. The molecule has 1 unspecified atom stereocenters. The summed E-state index contributed by atoms with van der Waals surface area (Å²) < 4.78 is 15.2. The van der Waals surface area contributed by atoms with Gasteiger partial charge in [-0.1, -0.05) is 53.4 Å². The molecular formula is C18H25BrFN. The second kappa shape index (κ2) is 8.70. The van der Waals surface area contributed by atoms with Crippen LogP contribution in [0.2, 0.25) is 0 Å². The monoisotopic (exact) mass is 353 g/mol. The molecule has 0 radical (unpaired) electrons. The first kappa shape index (κ1) is 16.7. The van der Waals surface area contributed by atoms with Crippen molar-refractivity contribution in [3.05, 3.63) is 45.7 Å².